The molecule has 0 amide bonds. The van der Waals surface area contributed by atoms with Crippen LogP contribution in [0.4, 0.5) is 5.69 Å². The highest BCUT2D eigenvalue weighted by Crippen LogP contribution is 2.40. The van der Waals surface area contributed by atoms with Crippen LogP contribution in [0.1, 0.15) is 17.5 Å². The van der Waals surface area contributed by atoms with Crippen molar-refractivity contribution in [3.8, 4) is 11.5 Å². The van der Waals surface area contributed by atoms with E-state index in [0.717, 1.165) is 18.4 Å². The molecule has 3 rings (SSSR count). The summed E-state index contributed by atoms with van der Waals surface area (Å²) in [4.78, 5) is 11.4. The molecule has 0 saturated carbocycles. The molecule has 0 atom stereocenters. The van der Waals surface area contributed by atoms with Crippen molar-refractivity contribution in [1.29, 1.82) is 0 Å². The van der Waals surface area contributed by atoms with E-state index < -0.39 is 16.0 Å². The highest BCUT2D eigenvalue weighted by Gasteiger charge is 2.33. The monoisotopic (exact) mass is 417 g/mol. The van der Waals surface area contributed by atoms with Gasteiger partial charge in [-0.3, -0.25) is 4.31 Å². The molecule has 1 heterocycles. The zero-order chi connectivity index (χ0) is 21.0. The number of rotatable bonds is 6. The van der Waals surface area contributed by atoms with Crippen LogP contribution in [0.25, 0.3) is 6.08 Å². The zero-order valence-corrected chi connectivity index (χ0v) is 17.4. The first-order valence-electron chi connectivity index (χ1n) is 9.05. The number of fused-ring (bicyclic) bond motifs is 1. The van der Waals surface area contributed by atoms with Crippen LogP contribution in [0.3, 0.4) is 0 Å². The summed E-state index contributed by atoms with van der Waals surface area (Å²) in [6.07, 6.45) is 4.23. The van der Waals surface area contributed by atoms with E-state index in [-0.39, 0.29) is 16.4 Å². The van der Waals surface area contributed by atoms with Gasteiger partial charge in [-0.1, -0.05) is 18.2 Å². The Hall–Kier alpha value is -3.00. The van der Waals surface area contributed by atoms with E-state index in [0.29, 0.717) is 17.8 Å². The SMILES string of the molecule is COC(=O)/C=C/c1cc(OC)c(OC)c(S(=O)(=O)N2CCCc3ccccc32)c1. The molecule has 8 heteroatoms. The number of anilines is 1. The van der Waals surface area contributed by atoms with E-state index in [4.69, 9.17) is 9.47 Å². The molecule has 0 radical (unpaired) electrons. The molecule has 29 heavy (non-hydrogen) atoms. The second kappa shape index (κ2) is 8.57. The van der Waals surface area contributed by atoms with E-state index in [1.165, 1.54) is 43.9 Å². The molecule has 0 fully saturated rings. The Bertz CT molecular complexity index is 1050. The first kappa shape index (κ1) is 20.7. The molecule has 0 aromatic heterocycles. The maximum absolute atomic E-state index is 13.6. The van der Waals surface area contributed by atoms with Gasteiger partial charge < -0.3 is 14.2 Å². The summed E-state index contributed by atoms with van der Waals surface area (Å²) in [7, 11) is 0.152. The minimum absolute atomic E-state index is 0.0273. The van der Waals surface area contributed by atoms with Gasteiger partial charge in [-0.05, 0) is 48.2 Å². The first-order valence-corrected chi connectivity index (χ1v) is 10.5. The van der Waals surface area contributed by atoms with Crippen molar-refractivity contribution < 1.29 is 27.4 Å². The third kappa shape index (κ3) is 4.07. The van der Waals surface area contributed by atoms with Crippen molar-refractivity contribution in [2.45, 2.75) is 17.7 Å². The molecule has 0 unspecified atom stereocenters. The molecule has 0 saturated heterocycles. The highest BCUT2D eigenvalue weighted by molar-refractivity contribution is 7.93. The van der Waals surface area contributed by atoms with Crippen molar-refractivity contribution in [2.24, 2.45) is 0 Å². The number of carbonyl (C=O) groups is 1. The van der Waals surface area contributed by atoms with Crippen LogP contribution >= 0.6 is 0 Å². The van der Waals surface area contributed by atoms with Crippen LogP contribution in [-0.4, -0.2) is 42.3 Å². The number of methoxy groups -OCH3 is 3. The quantitative estimate of drug-likeness (QED) is 0.531. The molecule has 0 bridgehead atoms. The number of hydrogen-bond acceptors (Lipinski definition) is 6. The van der Waals surface area contributed by atoms with E-state index in [1.54, 1.807) is 12.1 Å². The van der Waals surface area contributed by atoms with Crippen molar-refractivity contribution in [3.63, 3.8) is 0 Å². The van der Waals surface area contributed by atoms with Crippen LogP contribution < -0.4 is 13.8 Å². The van der Waals surface area contributed by atoms with Gasteiger partial charge in [0.1, 0.15) is 4.90 Å². The number of benzene rings is 2. The normalized spacial score (nSPS) is 13.8. The largest absolute Gasteiger partial charge is 0.493 e. The fourth-order valence-electron chi connectivity index (χ4n) is 3.34. The minimum Gasteiger partial charge on any atom is -0.493 e. The molecule has 2 aromatic rings. The molecule has 0 spiro atoms. The minimum atomic E-state index is -3.94. The zero-order valence-electron chi connectivity index (χ0n) is 16.5. The van der Waals surface area contributed by atoms with E-state index in [1.807, 2.05) is 18.2 Å². The number of aryl methyl sites for hydroxylation is 1. The van der Waals surface area contributed by atoms with Gasteiger partial charge in [0.05, 0.1) is 27.0 Å². The summed E-state index contributed by atoms with van der Waals surface area (Å²) in [6.45, 7) is 0.368. The van der Waals surface area contributed by atoms with Gasteiger partial charge in [-0.2, -0.15) is 0 Å². The van der Waals surface area contributed by atoms with Gasteiger partial charge in [-0.15, -0.1) is 0 Å². The number of ether oxygens (including phenoxy) is 3. The Morgan fingerprint density at radius 1 is 1.10 bits per heavy atom. The lowest BCUT2D eigenvalue weighted by Crippen LogP contribution is -2.35. The number of para-hydroxylation sites is 1. The second-order valence-corrected chi connectivity index (χ2v) is 8.25. The smallest absolute Gasteiger partial charge is 0.330 e. The Kier molecular flexibility index (Phi) is 6.12. The predicted octanol–water partition coefficient (Wildman–Crippen LogP) is 3.03. The van der Waals surface area contributed by atoms with Gasteiger partial charge in [-0.25, -0.2) is 13.2 Å². The molecular formula is C21H23NO6S. The topological polar surface area (TPSA) is 82.1 Å². The summed E-state index contributed by atoms with van der Waals surface area (Å²) in [5.74, 6) is -0.177. The lowest BCUT2D eigenvalue weighted by Gasteiger charge is -2.31. The van der Waals surface area contributed by atoms with E-state index in [9.17, 15) is 13.2 Å². The van der Waals surface area contributed by atoms with Gasteiger partial charge in [0, 0.05) is 12.6 Å². The maximum atomic E-state index is 13.6. The van der Waals surface area contributed by atoms with Gasteiger partial charge in [0.2, 0.25) is 0 Å². The Labute approximate surface area is 170 Å². The summed E-state index contributed by atoms with van der Waals surface area (Å²) < 4.78 is 44.0. The average Bonchev–Trinajstić information content (AvgIpc) is 2.76. The van der Waals surface area contributed by atoms with Gasteiger partial charge in [0.25, 0.3) is 10.0 Å². The van der Waals surface area contributed by atoms with Crippen LogP contribution in [-0.2, 0) is 26.0 Å². The lowest BCUT2D eigenvalue weighted by molar-refractivity contribution is -0.134. The summed E-state index contributed by atoms with van der Waals surface area (Å²) >= 11 is 0. The number of nitrogens with zero attached hydrogens (tertiary/aromatic N) is 1. The highest BCUT2D eigenvalue weighted by atomic mass is 32.2. The molecule has 0 aliphatic carbocycles. The van der Waals surface area contributed by atoms with Crippen LogP contribution in [0.5, 0.6) is 11.5 Å². The lowest BCUT2D eigenvalue weighted by atomic mass is 10.0. The number of esters is 1. The Balaban J connectivity index is 2.16. The maximum Gasteiger partial charge on any atom is 0.330 e. The molecule has 154 valence electrons. The van der Waals surface area contributed by atoms with Gasteiger partial charge in [0.15, 0.2) is 11.5 Å². The predicted molar refractivity (Wildman–Crippen MR) is 110 cm³/mol. The Morgan fingerprint density at radius 3 is 2.55 bits per heavy atom. The third-order valence-corrected chi connectivity index (χ3v) is 6.53. The molecule has 2 aromatic carbocycles. The third-order valence-electron chi connectivity index (χ3n) is 4.72. The average molecular weight is 417 g/mol. The van der Waals surface area contributed by atoms with E-state index >= 15 is 0 Å². The van der Waals surface area contributed by atoms with Crippen LogP contribution in [0.15, 0.2) is 47.4 Å². The first-order chi connectivity index (χ1) is 13.9. The van der Waals surface area contributed by atoms with Gasteiger partial charge >= 0.3 is 5.97 Å². The fraction of sp³-hybridized carbons (Fsp3) is 0.286. The Morgan fingerprint density at radius 2 is 1.86 bits per heavy atom. The van der Waals surface area contributed by atoms with Crippen molar-refractivity contribution in [2.75, 3.05) is 32.2 Å². The standard InChI is InChI=1S/C21H23NO6S/c1-26-18-13-15(10-11-20(23)27-2)14-19(21(18)28-3)29(24,25)22-12-6-8-16-7-4-5-9-17(16)22/h4-5,7,9-11,13-14H,6,8,12H2,1-3H3/b11-10+. The summed E-state index contributed by atoms with van der Waals surface area (Å²) in [5, 5.41) is 0. The summed E-state index contributed by atoms with van der Waals surface area (Å²) in [6, 6.07) is 10.5. The second-order valence-electron chi connectivity index (χ2n) is 6.42. The van der Waals surface area contributed by atoms with Crippen molar-refractivity contribution in [3.05, 3.63) is 53.6 Å². The molecular weight excluding hydrogens is 394 g/mol. The number of carbonyl (C=O) groups excluding carboxylic acids is 1. The summed E-state index contributed by atoms with van der Waals surface area (Å²) in [5.41, 5.74) is 2.11. The van der Waals surface area contributed by atoms with Crippen molar-refractivity contribution >= 4 is 27.8 Å². The van der Waals surface area contributed by atoms with Crippen molar-refractivity contribution in [1.82, 2.24) is 0 Å². The van der Waals surface area contributed by atoms with Crippen LogP contribution in [0.2, 0.25) is 0 Å². The fourth-order valence-corrected chi connectivity index (χ4v) is 5.08. The number of sulfonamides is 1. The molecule has 0 N–H and O–H groups in total. The number of hydrogen-bond donors (Lipinski definition) is 0. The molecule has 1 aliphatic rings. The molecule has 7 nitrogen and oxygen atoms in total. The van der Waals surface area contributed by atoms with E-state index in [2.05, 4.69) is 4.74 Å². The molecule has 1 aliphatic heterocycles. The van der Waals surface area contributed by atoms with Crippen LogP contribution in [0, 0.1) is 0 Å².